The molecule has 2 aromatic carbocycles. The van der Waals surface area contributed by atoms with Crippen molar-refractivity contribution in [3.63, 3.8) is 0 Å². The highest BCUT2D eigenvalue weighted by Gasteiger charge is 2.23. The van der Waals surface area contributed by atoms with Crippen molar-refractivity contribution in [1.82, 2.24) is 5.32 Å². The highest BCUT2D eigenvalue weighted by molar-refractivity contribution is 5.96. The summed E-state index contributed by atoms with van der Waals surface area (Å²) >= 11 is 0. The van der Waals surface area contributed by atoms with Crippen molar-refractivity contribution >= 4 is 11.6 Å². The molecule has 0 fully saturated rings. The van der Waals surface area contributed by atoms with E-state index in [-0.39, 0.29) is 5.91 Å². The first-order valence-corrected chi connectivity index (χ1v) is 8.53. The van der Waals surface area contributed by atoms with Gasteiger partial charge in [-0.15, -0.1) is 0 Å². The Hall–Kier alpha value is -2.53. The minimum Gasteiger partial charge on any atom is -0.493 e. The summed E-state index contributed by atoms with van der Waals surface area (Å²) in [5.74, 6) is 1.57. The zero-order valence-corrected chi connectivity index (χ0v) is 14.7. The van der Waals surface area contributed by atoms with Gasteiger partial charge in [0.05, 0.1) is 20.8 Å². The Morgan fingerprint density at radius 1 is 1.12 bits per heavy atom. The molecule has 0 bridgehead atoms. The summed E-state index contributed by atoms with van der Waals surface area (Å²) in [6.07, 6.45) is 1.76. The number of carbonyl (C=O) groups excluding carboxylic acids is 1. The van der Waals surface area contributed by atoms with Crippen molar-refractivity contribution in [2.75, 3.05) is 38.8 Å². The number of para-hydroxylation sites is 1. The molecule has 1 amide bonds. The summed E-state index contributed by atoms with van der Waals surface area (Å²) in [5.41, 5.74) is 3.44. The second kappa shape index (κ2) is 8.03. The van der Waals surface area contributed by atoms with Crippen LogP contribution in [-0.2, 0) is 17.6 Å². The molecular formula is C20H24N2O3. The number of hydrogen-bond acceptors (Lipinski definition) is 4. The molecule has 132 valence electrons. The van der Waals surface area contributed by atoms with Gasteiger partial charge in [0.25, 0.3) is 0 Å². The summed E-state index contributed by atoms with van der Waals surface area (Å²) in [5, 5.41) is 3.24. The lowest BCUT2D eigenvalue weighted by Gasteiger charge is -2.17. The van der Waals surface area contributed by atoms with Gasteiger partial charge in [0.2, 0.25) is 5.91 Å². The van der Waals surface area contributed by atoms with Gasteiger partial charge in [0.15, 0.2) is 11.5 Å². The molecule has 0 unspecified atom stereocenters. The first-order valence-electron chi connectivity index (χ1n) is 8.53. The van der Waals surface area contributed by atoms with Crippen molar-refractivity contribution in [3.05, 3.63) is 53.6 Å². The number of nitrogens with zero attached hydrogens (tertiary/aromatic N) is 1. The Balaban J connectivity index is 1.48. The standard InChI is InChI=1S/C20H24N2O3/c1-24-18-8-7-15(13-19(18)25-2)9-11-21-14-20(23)22-12-10-16-5-3-4-6-17(16)22/h3-8,13,21H,9-12,14H2,1-2H3. The molecule has 1 N–H and O–H groups in total. The van der Waals surface area contributed by atoms with Crippen LogP contribution in [0.1, 0.15) is 11.1 Å². The topological polar surface area (TPSA) is 50.8 Å². The Bertz CT molecular complexity index is 745. The summed E-state index contributed by atoms with van der Waals surface area (Å²) in [6.45, 7) is 1.86. The Morgan fingerprint density at radius 2 is 1.92 bits per heavy atom. The van der Waals surface area contributed by atoms with Gasteiger partial charge in [0, 0.05) is 12.2 Å². The van der Waals surface area contributed by atoms with E-state index in [9.17, 15) is 4.79 Å². The molecular weight excluding hydrogens is 316 g/mol. The van der Waals surface area contributed by atoms with E-state index in [1.54, 1.807) is 14.2 Å². The van der Waals surface area contributed by atoms with Crippen LogP contribution < -0.4 is 19.7 Å². The molecule has 1 heterocycles. The molecule has 0 aliphatic carbocycles. The maximum Gasteiger partial charge on any atom is 0.240 e. The van der Waals surface area contributed by atoms with Crippen LogP contribution in [0.25, 0.3) is 0 Å². The summed E-state index contributed by atoms with van der Waals surface area (Å²) in [6, 6.07) is 14.0. The van der Waals surface area contributed by atoms with Crippen LogP contribution in [0.2, 0.25) is 0 Å². The number of fused-ring (bicyclic) bond motifs is 1. The molecule has 0 saturated heterocycles. The van der Waals surface area contributed by atoms with Gasteiger partial charge in [-0.3, -0.25) is 4.79 Å². The van der Waals surface area contributed by atoms with Gasteiger partial charge in [0.1, 0.15) is 0 Å². The number of rotatable bonds is 7. The van der Waals surface area contributed by atoms with Crippen molar-refractivity contribution in [2.45, 2.75) is 12.8 Å². The van der Waals surface area contributed by atoms with Crippen LogP contribution in [0.5, 0.6) is 11.5 Å². The Kier molecular flexibility index (Phi) is 5.56. The van der Waals surface area contributed by atoms with E-state index in [1.165, 1.54) is 5.56 Å². The quantitative estimate of drug-likeness (QED) is 0.787. The fraction of sp³-hybridized carbons (Fsp3) is 0.350. The number of hydrogen-bond donors (Lipinski definition) is 1. The molecule has 0 spiro atoms. The van der Waals surface area contributed by atoms with Crippen LogP contribution in [0.15, 0.2) is 42.5 Å². The third-order valence-electron chi connectivity index (χ3n) is 4.50. The van der Waals surface area contributed by atoms with Gasteiger partial charge < -0.3 is 19.7 Å². The molecule has 3 rings (SSSR count). The molecule has 0 atom stereocenters. The second-order valence-corrected chi connectivity index (χ2v) is 6.04. The lowest BCUT2D eigenvalue weighted by Crippen LogP contribution is -2.37. The number of methoxy groups -OCH3 is 2. The van der Waals surface area contributed by atoms with E-state index < -0.39 is 0 Å². The molecule has 0 saturated carbocycles. The van der Waals surface area contributed by atoms with Crippen molar-refractivity contribution in [3.8, 4) is 11.5 Å². The minimum absolute atomic E-state index is 0.122. The first kappa shape index (κ1) is 17.3. The zero-order chi connectivity index (χ0) is 17.6. The first-order chi connectivity index (χ1) is 12.2. The van der Waals surface area contributed by atoms with Crippen LogP contribution in [-0.4, -0.2) is 39.8 Å². The summed E-state index contributed by atoms with van der Waals surface area (Å²) < 4.78 is 10.6. The predicted octanol–water partition coefficient (Wildman–Crippen LogP) is 2.43. The van der Waals surface area contributed by atoms with E-state index >= 15 is 0 Å². The predicted molar refractivity (Wildman–Crippen MR) is 98.6 cm³/mol. The van der Waals surface area contributed by atoms with Crippen molar-refractivity contribution < 1.29 is 14.3 Å². The molecule has 5 heteroatoms. The second-order valence-electron chi connectivity index (χ2n) is 6.04. The van der Waals surface area contributed by atoms with Gasteiger partial charge in [-0.05, 0) is 48.7 Å². The van der Waals surface area contributed by atoms with Gasteiger partial charge in [-0.2, -0.15) is 0 Å². The van der Waals surface area contributed by atoms with E-state index in [4.69, 9.17) is 9.47 Å². The third kappa shape index (κ3) is 3.94. The van der Waals surface area contributed by atoms with Crippen LogP contribution in [0, 0.1) is 0 Å². The molecule has 0 aromatic heterocycles. The highest BCUT2D eigenvalue weighted by Crippen LogP contribution is 2.28. The van der Waals surface area contributed by atoms with Crippen LogP contribution in [0.4, 0.5) is 5.69 Å². The van der Waals surface area contributed by atoms with E-state index in [0.29, 0.717) is 6.54 Å². The van der Waals surface area contributed by atoms with E-state index in [0.717, 1.165) is 48.7 Å². The zero-order valence-electron chi connectivity index (χ0n) is 14.7. The number of nitrogens with one attached hydrogen (secondary N) is 1. The minimum atomic E-state index is 0.122. The summed E-state index contributed by atoms with van der Waals surface area (Å²) in [7, 11) is 3.26. The van der Waals surface area contributed by atoms with Crippen molar-refractivity contribution in [2.24, 2.45) is 0 Å². The lowest BCUT2D eigenvalue weighted by atomic mass is 10.1. The van der Waals surface area contributed by atoms with Crippen molar-refractivity contribution in [1.29, 1.82) is 0 Å². The largest absolute Gasteiger partial charge is 0.493 e. The highest BCUT2D eigenvalue weighted by atomic mass is 16.5. The average Bonchev–Trinajstić information content (AvgIpc) is 3.09. The SMILES string of the molecule is COc1ccc(CCNCC(=O)N2CCc3ccccc32)cc1OC. The molecule has 25 heavy (non-hydrogen) atoms. The fourth-order valence-electron chi connectivity index (χ4n) is 3.16. The maximum atomic E-state index is 12.4. The van der Waals surface area contributed by atoms with Gasteiger partial charge >= 0.3 is 0 Å². The molecule has 1 aliphatic rings. The summed E-state index contributed by atoms with van der Waals surface area (Å²) in [4.78, 5) is 14.3. The lowest BCUT2D eigenvalue weighted by molar-refractivity contribution is -0.117. The number of benzene rings is 2. The monoisotopic (exact) mass is 340 g/mol. The molecule has 5 nitrogen and oxygen atoms in total. The van der Waals surface area contributed by atoms with Gasteiger partial charge in [-0.25, -0.2) is 0 Å². The van der Waals surface area contributed by atoms with Gasteiger partial charge in [-0.1, -0.05) is 24.3 Å². The van der Waals surface area contributed by atoms with E-state index in [2.05, 4.69) is 11.4 Å². The maximum absolute atomic E-state index is 12.4. The molecule has 1 aliphatic heterocycles. The number of carbonyl (C=O) groups is 1. The van der Waals surface area contributed by atoms with E-state index in [1.807, 2.05) is 41.3 Å². The van der Waals surface area contributed by atoms with Crippen LogP contribution >= 0.6 is 0 Å². The fourth-order valence-corrected chi connectivity index (χ4v) is 3.16. The average molecular weight is 340 g/mol. The van der Waals surface area contributed by atoms with Crippen LogP contribution in [0.3, 0.4) is 0 Å². The number of anilines is 1. The molecule has 2 aromatic rings. The Morgan fingerprint density at radius 3 is 2.72 bits per heavy atom. The smallest absolute Gasteiger partial charge is 0.240 e. The number of amides is 1. The number of ether oxygens (including phenoxy) is 2. The normalized spacial score (nSPS) is 12.8. The Labute approximate surface area is 148 Å². The third-order valence-corrected chi connectivity index (χ3v) is 4.50. The molecule has 0 radical (unpaired) electrons.